The number of nitrogens with one attached hydrogen (secondary N) is 1. The van der Waals surface area contributed by atoms with Crippen LogP contribution in [0.1, 0.15) is 29.3 Å². The van der Waals surface area contributed by atoms with Crippen LogP contribution in [0.25, 0.3) is 0 Å². The molecule has 3 rings (SSSR count). The molecule has 1 N–H and O–H groups in total. The average Bonchev–Trinajstić information content (AvgIpc) is 3.22. The van der Waals surface area contributed by atoms with Crippen LogP contribution < -0.4 is 14.8 Å². The molecule has 0 aliphatic carbocycles. The molecule has 30 heavy (non-hydrogen) atoms. The molecule has 1 unspecified atom stereocenters. The summed E-state index contributed by atoms with van der Waals surface area (Å²) < 4.78 is 11.5. The van der Waals surface area contributed by atoms with E-state index in [-0.39, 0.29) is 18.6 Å². The first-order valence-electron chi connectivity index (χ1n) is 9.75. The van der Waals surface area contributed by atoms with Crippen molar-refractivity contribution in [1.82, 2.24) is 10.2 Å². The second kappa shape index (κ2) is 10.7. The molecule has 0 fully saturated rings. The highest BCUT2D eigenvalue weighted by molar-refractivity contribution is 9.10. The quantitative estimate of drug-likeness (QED) is 0.571. The van der Waals surface area contributed by atoms with Crippen LogP contribution in [0.15, 0.2) is 46.9 Å². The number of carbonyl (C=O) groups excluding carboxylic acids is 2. The fourth-order valence-corrected chi connectivity index (χ4v) is 4.14. The zero-order chi connectivity index (χ0) is 21.5. The van der Waals surface area contributed by atoms with Crippen LogP contribution in [0.4, 0.5) is 0 Å². The monoisotopic (exact) mass is 492 g/mol. The van der Waals surface area contributed by atoms with E-state index in [1.807, 2.05) is 43.5 Å². The van der Waals surface area contributed by atoms with Gasteiger partial charge in [0.1, 0.15) is 6.04 Å². The predicted octanol–water partition coefficient (Wildman–Crippen LogP) is 4.08. The van der Waals surface area contributed by atoms with E-state index >= 15 is 0 Å². The summed E-state index contributed by atoms with van der Waals surface area (Å²) in [6, 6.07) is 12.3. The maximum atomic E-state index is 13.3. The number of carbonyl (C=O) groups is 2. The number of thioether (sulfide) groups is 1. The molecular formula is C22H25BrN2O4S. The van der Waals surface area contributed by atoms with Crippen molar-refractivity contribution in [3.8, 4) is 11.5 Å². The smallest absolute Gasteiger partial charge is 0.253 e. The van der Waals surface area contributed by atoms with Crippen LogP contribution in [-0.2, 0) is 11.3 Å². The SMILES string of the molecule is CCN(Cc1ccc2c(c1)OCO2)C(=O)C(CCSC)NC(=O)c1ccccc1Br. The number of hydrogen-bond acceptors (Lipinski definition) is 5. The van der Waals surface area contributed by atoms with Crippen molar-refractivity contribution >= 4 is 39.5 Å². The molecule has 6 nitrogen and oxygen atoms in total. The predicted molar refractivity (Wildman–Crippen MR) is 122 cm³/mol. The zero-order valence-electron chi connectivity index (χ0n) is 17.0. The summed E-state index contributed by atoms with van der Waals surface area (Å²) in [6.07, 6.45) is 2.55. The Kier molecular flexibility index (Phi) is 8.04. The Balaban J connectivity index is 1.73. The molecule has 1 aliphatic rings. The zero-order valence-corrected chi connectivity index (χ0v) is 19.4. The molecule has 0 saturated carbocycles. The van der Waals surface area contributed by atoms with E-state index < -0.39 is 6.04 Å². The maximum absolute atomic E-state index is 13.3. The van der Waals surface area contributed by atoms with Gasteiger partial charge < -0.3 is 19.7 Å². The first-order chi connectivity index (χ1) is 14.5. The number of rotatable bonds is 9. The molecule has 2 amide bonds. The summed E-state index contributed by atoms with van der Waals surface area (Å²) in [5.41, 5.74) is 1.47. The summed E-state index contributed by atoms with van der Waals surface area (Å²) >= 11 is 5.05. The van der Waals surface area contributed by atoms with Crippen LogP contribution >= 0.6 is 27.7 Å². The van der Waals surface area contributed by atoms with E-state index in [2.05, 4.69) is 21.2 Å². The normalized spacial score (nSPS) is 13.0. The van der Waals surface area contributed by atoms with Gasteiger partial charge in [-0.2, -0.15) is 11.8 Å². The third-order valence-electron chi connectivity index (χ3n) is 4.84. The average molecular weight is 493 g/mol. The van der Waals surface area contributed by atoms with Crippen molar-refractivity contribution < 1.29 is 19.1 Å². The standard InChI is InChI=1S/C22H25BrN2O4S/c1-3-25(13-15-8-9-19-20(12-15)29-14-28-19)22(27)18(10-11-30-2)24-21(26)16-6-4-5-7-17(16)23/h4-9,12,18H,3,10-11,13-14H2,1-2H3,(H,24,26). The highest BCUT2D eigenvalue weighted by Gasteiger charge is 2.26. The second-order valence-electron chi connectivity index (χ2n) is 6.83. The first kappa shape index (κ1) is 22.5. The lowest BCUT2D eigenvalue weighted by Crippen LogP contribution is -2.48. The Morgan fingerprint density at radius 2 is 1.97 bits per heavy atom. The highest BCUT2D eigenvalue weighted by Crippen LogP contribution is 2.32. The number of ether oxygens (including phenoxy) is 2. The number of nitrogens with zero attached hydrogens (tertiary/aromatic N) is 1. The minimum absolute atomic E-state index is 0.0929. The van der Waals surface area contributed by atoms with Crippen molar-refractivity contribution in [1.29, 1.82) is 0 Å². The molecule has 160 valence electrons. The van der Waals surface area contributed by atoms with E-state index in [9.17, 15) is 9.59 Å². The van der Waals surface area contributed by atoms with Gasteiger partial charge in [-0.25, -0.2) is 0 Å². The third-order valence-corrected chi connectivity index (χ3v) is 6.17. The molecule has 0 aromatic heterocycles. The van der Waals surface area contributed by atoms with Crippen molar-refractivity contribution in [3.05, 3.63) is 58.1 Å². The van der Waals surface area contributed by atoms with Gasteiger partial charge in [-0.05, 0) is 71.1 Å². The number of fused-ring (bicyclic) bond motifs is 1. The Morgan fingerprint density at radius 3 is 2.70 bits per heavy atom. The van der Waals surface area contributed by atoms with E-state index in [1.54, 1.807) is 28.8 Å². The molecule has 1 heterocycles. The summed E-state index contributed by atoms with van der Waals surface area (Å²) in [5.74, 6) is 1.82. The molecule has 8 heteroatoms. The first-order valence-corrected chi connectivity index (χ1v) is 11.9. The Morgan fingerprint density at radius 1 is 1.20 bits per heavy atom. The van der Waals surface area contributed by atoms with Gasteiger partial charge >= 0.3 is 0 Å². The molecular weight excluding hydrogens is 468 g/mol. The van der Waals surface area contributed by atoms with Gasteiger partial charge in [0.2, 0.25) is 12.7 Å². The highest BCUT2D eigenvalue weighted by atomic mass is 79.9. The fourth-order valence-electron chi connectivity index (χ4n) is 3.20. The van der Waals surface area contributed by atoms with Crippen LogP contribution in [0, 0.1) is 0 Å². The largest absolute Gasteiger partial charge is 0.454 e. The third kappa shape index (κ3) is 5.49. The summed E-state index contributed by atoms with van der Waals surface area (Å²) in [6.45, 7) is 3.12. The van der Waals surface area contributed by atoms with Crippen LogP contribution in [0.2, 0.25) is 0 Å². The lowest BCUT2D eigenvalue weighted by Gasteiger charge is -2.27. The van der Waals surface area contributed by atoms with Crippen molar-refractivity contribution in [2.24, 2.45) is 0 Å². The number of hydrogen-bond donors (Lipinski definition) is 1. The second-order valence-corrected chi connectivity index (χ2v) is 8.67. The number of benzene rings is 2. The van der Waals surface area contributed by atoms with Crippen LogP contribution in [0.3, 0.4) is 0 Å². The molecule has 0 saturated heterocycles. The minimum Gasteiger partial charge on any atom is -0.454 e. The lowest BCUT2D eigenvalue weighted by atomic mass is 10.1. The van der Waals surface area contributed by atoms with Gasteiger partial charge in [0.05, 0.1) is 5.56 Å². The fraction of sp³-hybridized carbons (Fsp3) is 0.364. The Labute approximate surface area is 189 Å². The molecule has 1 aliphatic heterocycles. The molecule has 2 aromatic carbocycles. The van der Waals surface area contributed by atoms with Gasteiger partial charge in [0.15, 0.2) is 11.5 Å². The van der Waals surface area contributed by atoms with Gasteiger partial charge in [-0.3, -0.25) is 9.59 Å². The van der Waals surface area contributed by atoms with Gasteiger partial charge in [0, 0.05) is 17.6 Å². The van der Waals surface area contributed by atoms with Crippen molar-refractivity contribution in [2.45, 2.75) is 25.9 Å². The van der Waals surface area contributed by atoms with Crippen LogP contribution in [-0.4, -0.2) is 48.1 Å². The molecule has 2 aromatic rings. The van der Waals surface area contributed by atoms with Crippen molar-refractivity contribution in [3.63, 3.8) is 0 Å². The Bertz CT molecular complexity index is 908. The number of amides is 2. The summed E-state index contributed by atoms with van der Waals surface area (Å²) in [7, 11) is 0. The van der Waals surface area contributed by atoms with Gasteiger partial charge in [-0.15, -0.1) is 0 Å². The van der Waals surface area contributed by atoms with Gasteiger partial charge in [-0.1, -0.05) is 18.2 Å². The summed E-state index contributed by atoms with van der Waals surface area (Å²) in [4.78, 5) is 27.8. The van der Waals surface area contributed by atoms with Crippen LogP contribution in [0.5, 0.6) is 11.5 Å². The summed E-state index contributed by atoms with van der Waals surface area (Å²) in [5, 5.41) is 2.93. The van der Waals surface area contributed by atoms with Crippen molar-refractivity contribution in [2.75, 3.05) is 25.3 Å². The topological polar surface area (TPSA) is 67.9 Å². The van der Waals surface area contributed by atoms with E-state index in [0.717, 1.165) is 11.3 Å². The molecule has 0 radical (unpaired) electrons. The minimum atomic E-state index is -0.592. The Hall–Kier alpha value is -2.19. The van der Waals surface area contributed by atoms with E-state index in [1.165, 1.54) is 0 Å². The molecule has 1 atom stereocenters. The van der Waals surface area contributed by atoms with E-state index in [4.69, 9.17) is 9.47 Å². The lowest BCUT2D eigenvalue weighted by molar-refractivity contribution is -0.133. The molecule has 0 bridgehead atoms. The van der Waals surface area contributed by atoms with E-state index in [0.29, 0.717) is 41.0 Å². The number of likely N-dealkylation sites (N-methyl/N-ethyl adjacent to an activating group) is 1. The molecule has 0 spiro atoms. The van der Waals surface area contributed by atoms with Gasteiger partial charge in [0.25, 0.3) is 5.91 Å². The number of halogens is 1. The maximum Gasteiger partial charge on any atom is 0.253 e.